The van der Waals surface area contributed by atoms with E-state index in [9.17, 15) is 13.6 Å². The van der Waals surface area contributed by atoms with E-state index in [-0.39, 0.29) is 18.7 Å². The smallest absolute Gasteiger partial charge is 0.226 e. The van der Waals surface area contributed by atoms with Gasteiger partial charge in [0, 0.05) is 29.5 Å². The van der Waals surface area contributed by atoms with Crippen LogP contribution in [0.1, 0.15) is 16.9 Å². The summed E-state index contributed by atoms with van der Waals surface area (Å²) in [5.41, 5.74) is 3.14. The van der Waals surface area contributed by atoms with Gasteiger partial charge in [-0.25, -0.2) is 18.7 Å². The van der Waals surface area contributed by atoms with E-state index in [4.69, 9.17) is 0 Å². The van der Waals surface area contributed by atoms with E-state index < -0.39 is 17.5 Å². The normalized spacial score (nSPS) is 11.0. The number of benzene rings is 2. The van der Waals surface area contributed by atoms with Gasteiger partial charge < -0.3 is 10.6 Å². The highest BCUT2D eigenvalue weighted by molar-refractivity contribution is 7.19. The minimum absolute atomic E-state index is 0.0600. The van der Waals surface area contributed by atoms with Gasteiger partial charge >= 0.3 is 0 Å². The third kappa shape index (κ3) is 4.54. The van der Waals surface area contributed by atoms with Crippen LogP contribution in [-0.4, -0.2) is 22.4 Å². The molecule has 31 heavy (non-hydrogen) atoms. The number of anilines is 2. The Hall–Kier alpha value is -3.39. The van der Waals surface area contributed by atoms with Crippen LogP contribution < -0.4 is 10.6 Å². The number of fused-ring (bicyclic) bond motifs is 1. The van der Waals surface area contributed by atoms with Gasteiger partial charge in [0.05, 0.1) is 11.1 Å². The van der Waals surface area contributed by atoms with Crippen molar-refractivity contribution in [2.24, 2.45) is 0 Å². The van der Waals surface area contributed by atoms with Crippen molar-refractivity contribution in [3.8, 4) is 11.1 Å². The number of aryl methyl sites for hydroxylation is 2. The SMILES string of the molecule is Cc1ccc(-c2c(C)sc3ncnc(NCCC(=O)Nc4cc(F)ccc4F)c23)cc1. The van der Waals surface area contributed by atoms with E-state index in [2.05, 4.69) is 44.9 Å². The minimum Gasteiger partial charge on any atom is -0.369 e. The number of nitrogens with zero attached hydrogens (tertiary/aromatic N) is 2. The molecule has 2 heterocycles. The van der Waals surface area contributed by atoms with E-state index in [1.165, 1.54) is 11.9 Å². The van der Waals surface area contributed by atoms with Gasteiger partial charge in [-0.15, -0.1) is 11.3 Å². The number of rotatable bonds is 6. The zero-order valence-corrected chi connectivity index (χ0v) is 17.8. The number of carbonyl (C=O) groups excluding carboxylic acids is 1. The molecule has 0 unspecified atom stereocenters. The molecule has 2 aromatic carbocycles. The van der Waals surface area contributed by atoms with Crippen LogP contribution in [0.4, 0.5) is 20.3 Å². The van der Waals surface area contributed by atoms with Gasteiger partial charge in [-0.3, -0.25) is 4.79 Å². The highest BCUT2D eigenvalue weighted by atomic mass is 32.1. The van der Waals surface area contributed by atoms with Crippen LogP contribution in [0, 0.1) is 25.5 Å². The Kier molecular flexibility index (Phi) is 5.90. The zero-order valence-electron chi connectivity index (χ0n) is 17.0. The van der Waals surface area contributed by atoms with Gasteiger partial charge in [0.2, 0.25) is 5.91 Å². The summed E-state index contributed by atoms with van der Waals surface area (Å²) in [6.07, 6.45) is 1.55. The molecule has 5 nitrogen and oxygen atoms in total. The number of nitrogens with one attached hydrogen (secondary N) is 2. The standard InChI is InChI=1S/C23H20F2N4OS/c1-13-3-5-15(6-4-13)20-14(2)31-23-21(20)22(27-12-28-23)26-10-9-19(30)29-18-11-16(24)7-8-17(18)25/h3-8,11-12H,9-10H2,1-2H3,(H,29,30)(H,26,27,28). The number of halogens is 2. The molecule has 0 atom stereocenters. The first-order chi connectivity index (χ1) is 14.9. The molecule has 2 N–H and O–H groups in total. The summed E-state index contributed by atoms with van der Waals surface area (Å²) in [4.78, 5) is 22.9. The molecule has 2 aromatic heterocycles. The maximum Gasteiger partial charge on any atom is 0.226 e. The van der Waals surface area contributed by atoms with E-state index in [1.807, 2.05) is 13.8 Å². The Labute approximate surface area is 182 Å². The van der Waals surface area contributed by atoms with Crippen LogP contribution in [0.3, 0.4) is 0 Å². The predicted molar refractivity (Wildman–Crippen MR) is 120 cm³/mol. The summed E-state index contributed by atoms with van der Waals surface area (Å²) in [5, 5.41) is 6.50. The van der Waals surface area contributed by atoms with E-state index in [0.29, 0.717) is 5.82 Å². The average Bonchev–Trinajstić information content (AvgIpc) is 3.08. The van der Waals surface area contributed by atoms with Gasteiger partial charge in [0.25, 0.3) is 0 Å². The van der Waals surface area contributed by atoms with E-state index in [1.54, 1.807) is 11.3 Å². The molecule has 0 saturated carbocycles. The highest BCUT2D eigenvalue weighted by Crippen LogP contribution is 2.40. The van der Waals surface area contributed by atoms with Crippen molar-refractivity contribution >= 4 is 39.0 Å². The van der Waals surface area contributed by atoms with Crippen LogP contribution in [0.25, 0.3) is 21.3 Å². The molecular formula is C23H20F2N4OS. The molecule has 0 bridgehead atoms. The Morgan fingerprint density at radius 2 is 1.84 bits per heavy atom. The summed E-state index contributed by atoms with van der Waals surface area (Å²) in [7, 11) is 0. The lowest BCUT2D eigenvalue weighted by Crippen LogP contribution is -2.17. The third-order valence-electron chi connectivity index (χ3n) is 4.85. The second kappa shape index (κ2) is 8.77. The predicted octanol–water partition coefficient (Wildman–Crippen LogP) is 5.69. The molecule has 4 rings (SSSR count). The lowest BCUT2D eigenvalue weighted by atomic mass is 10.0. The van der Waals surface area contributed by atoms with Gasteiger partial charge in [0.1, 0.15) is 28.6 Å². The molecule has 0 fully saturated rings. The first-order valence-corrected chi connectivity index (χ1v) is 10.5. The van der Waals surface area contributed by atoms with Crippen molar-refractivity contribution in [1.82, 2.24) is 9.97 Å². The molecule has 8 heteroatoms. The number of aromatic nitrogens is 2. The molecule has 0 radical (unpaired) electrons. The monoisotopic (exact) mass is 438 g/mol. The first kappa shape index (κ1) is 20.9. The Morgan fingerprint density at radius 1 is 1.06 bits per heavy atom. The molecule has 0 aliphatic rings. The summed E-state index contributed by atoms with van der Waals surface area (Å²) in [6, 6.07) is 11.2. The lowest BCUT2D eigenvalue weighted by Gasteiger charge is -2.10. The molecule has 0 spiro atoms. The average molecular weight is 439 g/mol. The number of thiophene rings is 1. The van der Waals surface area contributed by atoms with Gasteiger partial charge in [-0.2, -0.15) is 0 Å². The maximum absolute atomic E-state index is 13.7. The second-order valence-electron chi connectivity index (χ2n) is 7.15. The Bertz CT molecular complexity index is 1250. The van der Waals surface area contributed by atoms with Gasteiger partial charge in [-0.1, -0.05) is 29.8 Å². The van der Waals surface area contributed by atoms with Crippen LogP contribution in [0.15, 0.2) is 48.8 Å². The summed E-state index contributed by atoms with van der Waals surface area (Å²) < 4.78 is 27.0. The quantitative estimate of drug-likeness (QED) is 0.406. The van der Waals surface area contributed by atoms with E-state index in [0.717, 1.165) is 44.4 Å². The van der Waals surface area contributed by atoms with Crippen molar-refractivity contribution in [2.75, 3.05) is 17.2 Å². The number of hydrogen-bond donors (Lipinski definition) is 2. The Balaban J connectivity index is 1.52. The molecule has 0 aliphatic heterocycles. The fourth-order valence-electron chi connectivity index (χ4n) is 3.35. The Morgan fingerprint density at radius 3 is 2.61 bits per heavy atom. The van der Waals surface area contributed by atoms with Crippen molar-refractivity contribution in [2.45, 2.75) is 20.3 Å². The second-order valence-corrected chi connectivity index (χ2v) is 8.35. The van der Waals surface area contributed by atoms with Crippen LogP contribution >= 0.6 is 11.3 Å². The summed E-state index contributed by atoms with van der Waals surface area (Å²) >= 11 is 1.59. The molecule has 4 aromatic rings. The summed E-state index contributed by atoms with van der Waals surface area (Å²) in [6.45, 7) is 4.36. The fraction of sp³-hybridized carbons (Fsp3) is 0.174. The lowest BCUT2D eigenvalue weighted by molar-refractivity contribution is -0.116. The molecular weight excluding hydrogens is 418 g/mol. The molecule has 158 valence electrons. The maximum atomic E-state index is 13.7. The van der Waals surface area contributed by atoms with Gasteiger partial charge in [-0.05, 0) is 31.5 Å². The molecule has 0 aliphatic carbocycles. The minimum atomic E-state index is -0.684. The number of hydrogen-bond acceptors (Lipinski definition) is 5. The van der Waals surface area contributed by atoms with Crippen molar-refractivity contribution < 1.29 is 13.6 Å². The van der Waals surface area contributed by atoms with E-state index >= 15 is 0 Å². The van der Waals surface area contributed by atoms with Crippen molar-refractivity contribution in [3.63, 3.8) is 0 Å². The molecule has 1 amide bonds. The number of amides is 1. The van der Waals surface area contributed by atoms with Gasteiger partial charge in [0.15, 0.2) is 0 Å². The first-order valence-electron chi connectivity index (χ1n) is 9.72. The molecule has 0 saturated heterocycles. The largest absolute Gasteiger partial charge is 0.369 e. The third-order valence-corrected chi connectivity index (χ3v) is 5.86. The zero-order chi connectivity index (χ0) is 22.0. The van der Waals surface area contributed by atoms with Crippen molar-refractivity contribution in [1.29, 1.82) is 0 Å². The van der Waals surface area contributed by atoms with Crippen LogP contribution in [0.5, 0.6) is 0 Å². The van der Waals surface area contributed by atoms with Crippen LogP contribution in [-0.2, 0) is 4.79 Å². The topological polar surface area (TPSA) is 66.9 Å². The fourth-order valence-corrected chi connectivity index (χ4v) is 4.36. The number of carbonyl (C=O) groups is 1. The van der Waals surface area contributed by atoms with Crippen LogP contribution in [0.2, 0.25) is 0 Å². The summed E-state index contributed by atoms with van der Waals surface area (Å²) in [5.74, 6) is -1.09. The highest BCUT2D eigenvalue weighted by Gasteiger charge is 2.17. The van der Waals surface area contributed by atoms with Crippen molar-refractivity contribution in [3.05, 3.63) is 70.9 Å².